The second-order valence-electron chi connectivity index (χ2n) is 21.4. The summed E-state index contributed by atoms with van der Waals surface area (Å²) in [5.74, 6) is -2.02. The van der Waals surface area contributed by atoms with Crippen LogP contribution >= 0.6 is 0 Å². The van der Waals surface area contributed by atoms with Crippen molar-refractivity contribution < 1.29 is 56.8 Å². The van der Waals surface area contributed by atoms with Gasteiger partial charge in [-0.05, 0) is 44.9 Å². The maximum atomic E-state index is 12.9. The van der Waals surface area contributed by atoms with Crippen LogP contribution in [0.2, 0.25) is 0 Å². The number of carbonyl (C=O) groups is 2. The van der Waals surface area contributed by atoms with Crippen LogP contribution in [0.25, 0.3) is 0 Å². The molecule has 73 heavy (non-hydrogen) atoms. The molecule has 0 radical (unpaired) electrons. The molecule has 0 saturated carbocycles. The molecule has 1 heterocycles. The highest BCUT2D eigenvalue weighted by molar-refractivity contribution is 7.85. The van der Waals surface area contributed by atoms with Crippen molar-refractivity contribution in [2.45, 2.75) is 327 Å². The van der Waals surface area contributed by atoms with Gasteiger partial charge in [-0.3, -0.25) is 14.1 Å². The Balaban J connectivity index is 2.30. The third-order valence-electron chi connectivity index (χ3n) is 14.3. The summed E-state index contributed by atoms with van der Waals surface area (Å²) in [6.45, 7) is 3.80. The van der Waals surface area contributed by atoms with Crippen LogP contribution in [0.4, 0.5) is 0 Å². The molecule has 4 N–H and O–H groups in total. The zero-order chi connectivity index (χ0) is 53.3. The van der Waals surface area contributed by atoms with Gasteiger partial charge in [-0.2, -0.15) is 8.42 Å². The van der Waals surface area contributed by atoms with Gasteiger partial charge in [-0.1, -0.05) is 256 Å². The van der Waals surface area contributed by atoms with Gasteiger partial charge in [0.1, 0.15) is 36.8 Å². The van der Waals surface area contributed by atoms with Crippen LogP contribution in [0.3, 0.4) is 0 Å². The summed E-state index contributed by atoms with van der Waals surface area (Å²) in [6, 6.07) is 0. The van der Waals surface area contributed by atoms with Gasteiger partial charge in [0.15, 0.2) is 12.4 Å². The predicted molar refractivity (Wildman–Crippen MR) is 298 cm³/mol. The van der Waals surface area contributed by atoms with E-state index in [-0.39, 0.29) is 19.4 Å². The molecule has 1 saturated heterocycles. The van der Waals surface area contributed by atoms with Gasteiger partial charge in [0, 0.05) is 12.8 Å². The Morgan fingerprint density at radius 1 is 0.452 bits per heavy atom. The first kappa shape index (κ1) is 69.1. The number of rotatable bonds is 53. The van der Waals surface area contributed by atoms with Gasteiger partial charge in [-0.15, -0.1) is 0 Å². The highest BCUT2D eigenvalue weighted by Gasteiger charge is 2.46. The molecule has 12 nitrogen and oxygen atoms in total. The topological polar surface area (TPSA) is 186 Å². The minimum Gasteiger partial charge on any atom is -0.462 e. The third kappa shape index (κ3) is 43.9. The lowest BCUT2D eigenvalue weighted by atomic mass is 10.00. The first-order valence-corrected chi connectivity index (χ1v) is 32.0. The van der Waals surface area contributed by atoms with E-state index in [9.17, 15) is 37.9 Å². The fourth-order valence-corrected chi connectivity index (χ4v) is 10.3. The van der Waals surface area contributed by atoms with Gasteiger partial charge in [0.2, 0.25) is 0 Å². The number of hydrogen-bond acceptors (Lipinski definition) is 11. The van der Waals surface area contributed by atoms with E-state index in [1.807, 2.05) is 0 Å². The van der Waals surface area contributed by atoms with Gasteiger partial charge in [-0.25, -0.2) is 0 Å². The molecule has 1 fully saturated rings. The summed E-state index contributed by atoms with van der Waals surface area (Å²) < 4.78 is 54.4. The van der Waals surface area contributed by atoms with Crippen LogP contribution in [-0.2, 0) is 38.7 Å². The Bertz CT molecular complexity index is 1420. The minimum atomic E-state index is -4.61. The zero-order valence-electron chi connectivity index (χ0n) is 46.8. The summed E-state index contributed by atoms with van der Waals surface area (Å²) in [7, 11) is -4.61. The number of carbonyl (C=O) groups excluding carboxylic acids is 2. The molecule has 0 aromatic rings. The molecular formula is C60H112O12S. The maximum Gasteiger partial charge on any atom is 0.306 e. The number of unbranched alkanes of at least 4 members (excludes halogenated alkanes) is 37. The fourth-order valence-electron chi connectivity index (χ4n) is 9.58. The van der Waals surface area contributed by atoms with E-state index in [0.717, 1.165) is 38.5 Å². The molecule has 1 rings (SSSR count). The second kappa shape index (κ2) is 49.7. The van der Waals surface area contributed by atoms with E-state index in [2.05, 4.69) is 38.2 Å². The lowest BCUT2D eigenvalue weighted by Gasteiger charge is -2.40. The molecule has 0 aromatic heterocycles. The van der Waals surface area contributed by atoms with Gasteiger partial charge < -0.3 is 34.3 Å². The Hall–Kier alpha value is -1.87. The van der Waals surface area contributed by atoms with Crippen molar-refractivity contribution in [3.63, 3.8) is 0 Å². The molecule has 0 aromatic carbocycles. The van der Waals surface area contributed by atoms with Crippen LogP contribution in [0.1, 0.15) is 290 Å². The summed E-state index contributed by atoms with van der Waals surface area (Å²) >= 11 is 0. The number of esters is 2. The molecular weight excluding hydrogens is 945 g/mol. The van der Waals surface area contributed by atoms with E-state index >= 15 is 0 Å². The van der Waals surface area contributed by atoms with E-state index in [4.69, 9.17) is 18.9 Å². The Morgan fingerprint density at radius 2 is 0.808 bits per heavy atom. The van der Waals surface area contributed by atoms with Gasteiger partial charge in [0.05, 0.1) is 6.61 Å². The van der Waals surface area contributed by atoms with Crippen LogP contribution < -0.4 is 0 Å². The van der Waals surface area contributed by atoms with Gasteiger partial charge >= 0.3 is 11.9 Å². The Morgan fingerprint density at radius 3 is 1.22 bits per heavy atom. The molecule has 0 amide bonds. The van der Waals surface area contributed by atoms with Crippen molar-refractivity contribution in [3.8, 4) is 0 Å². The smallest absolute Gasteiger partial charge is 0.306 e. The summed E-state index contributed by atoms with van der Waals surface area (Å²) in [6.07, 6.45) is 51.0. The lowest BCUT2D eigenvalue weighted by molar-refractivity contribution is -0.297. The van der Waals surface area contributed by atoms with E-state index in [1.54, 1.807) is 0 Å². The van der Waals surface area contributed by atoms with Crippen LogP contribution in [0, 0.1) is 0 Å². The maximum absolute atomic E-state index is 12.9. The average Bonchev–Trinajstić information content (AvgIpc) is 3.36. The number of allylic oxidation sites excluding steroid dienone is 4. The average molecular weight is 1060 g/mol. The Labute approximate surface area is 447 Å². The van der Waals surface area contributed by atoms with Crippen LogP contribution in [0.5, 0.6) is 0 Å². The minimum absolute atomic E-state index is 0.108. The molecule has 13 heteroatoms. The predicted octanol–water partition coefficient (Wildman–Crippen LogP) is 15.1. The number of aliphatic hydroxyl groups excluding tert-OH is 3. The van der Waals surface area contributed by atoms with E-state index in [1.165, 1.54) is 205 Å². The monoisotopic (exact) mass is 1060 g/mol. The summed E-state index contributed by atoms with van der Waals surface area (Å²) in [5.41, 5.74) is 0. The van der Waals surface area contributed by atoms with Crippen molar-refractivity contribution in [2.75, 3.05) is 19.0 Å². The molecule has 430 valence electrons. The molecule has 1 aliphatic rings. The van der Waals surface area contributed by atoms with E-state index < -0.39 is 71.2 Å². The molecule has 0 bridgehead atoms. The normalized spacial score (nSPS) is 18.8. The van der Waals surface area contributed by atoms with Crippen molar-refractivity contribution in [1.29, 1.82) is 0 Å². The molecule has 1 aliphatic heterocycles. The van der Waals surface area contributed by atoms with Crippen LogP contribution in [0.15, 0.2) is 24.3 Å². The lowest BCUT2D eigenvalue weighted by Crippen LogP contribution is -2.60. The largest absolute Gasteiger partial charge is 0.462 e. The summed E-state index contributed by atoms with van der Waals surface area (Å²) in [4.78, 5) is 25.6. The van der Waals surface area contributed by atoms with Crippen molar-refractivity contribution >= 4 is 22.1 Å². The van der Waals surface area contributed by atoms with Crippen molar-refractivity contribution in [2.24, 2.45) is 0 Å². The Kier molecular flexibility index (Phi) is 47.1. The highest BCUT2D eigenvalue weighted by atomic mass is 32.2. The summed E-state index contributed by atoms with van der Waals surface area (Å²) in [5, 5.41) is 31.1. The first-order chi connectivity index (χ1) is 35.5. The zero-order valence-corrected chi connectivity index (χ0v) is 47.6. The standard InChI is InChI=1S/C60H112O12S/c1-3-5-7-9-11-13-15-17-19-21-23-25-27-29-31-33-35-37-39-41-43-45-47-49-56(62)71-53(51-70-60-59(65)58(64)57(63)54(72-60)52-73(66,67)68)50-69-55(61)48-46-44-42-40-38-36-34-32-30-28-26-24-22-20-18-16-14-12-10-8-6-4-2/h33,35,41,43,53-54,57-60,63-65H,3-32,34,36-40,42,44-52H2,1-2H3,(H,66,67,68)/b35-33+,43-41+/t53-,54-,57-,58?,59?,60+/m1/s1. The quantitative estimate of drug-likeness (QED) is 0.0196. The van der Waals surface area contributed by atoms with Crippen LogP contribution in [-0.4, -0.2) is 96.0 Å². The molecule has 6 atom stereocenters. The van der Waals surface area contributed by atoms with Crippen molar-refractivity contribution in [3.05, 3.63) is 24.3 Å². The van der Waals surface area contributed by atoms with Gasteiger partial charge in [0.25, 0.3) is 10.1 Å². The first-order valence-electron chi connectivity index (χ1n) is 30.4. The molecule has 2 unspecified atom stereocenters. The third-order valence-corrected chi connectivity index (χ3v) is 15.0. The number of ether oxygens (including phenoxy) is 4. The number of hydrogen-bond donors (Lipinski definition) is 4. The SMILES string of the molecule is CCCCCCCCCCCCCCCC/C=C/CC/C=C/CCCC(=O)O[C@H](COC(=O)CCCCCCCCCCCCCCCCCCCCCCCC)CO[C@H]1O[C@H](CS(=O)(=O)O)[C@@H](O)C(O)C1O. The fraction of sp³-hybridized carbons (Fsp3) is 0.900. The van der Waals surface area contributed by atoms with Crippen molar-refractivity contribution in [1.82, 2.24) is 0 Å². The second-order valence-corrected chi connectivity index (χ2v) is 22.9. The molecule has 0 aliphatic carbocycles. The van der Waals surface area contributed by atoms with E-state index in [0.29, 0.717) is 19.3 Å². The number of aliphatic hydroxyl groups is 3. The highest BCUT2D eigenvalue weighted by Crippen LogP contribution is 2.24. The molecule has 0 spiro atoms.